The molecule has 0 unspecified atom stereocenters. The van der Waals surface area contributed by atoms with E-state index in [4.69, 9.17) is 0 Å². The van der Waals surface area contributed by atoms with E-state index >= 15 is 0 Å². The molecule has 0 aromatic heterocycles. The van der Waals surface area contributed by atoms with Crippen LogP contribution in [0.4, 0.5) is 0 Å². The Labute approximate surface area is 60.4 Å². The molecule has 54 valence electrons. The Hall–Kier alpha value is -0.0200. The van der Waals surface area contributed by atoms with Crippen LogP contribution in [0.5, 0.6) is 0 Å². The molecule has 2 nitrogen and oxygen atoms in total. The predicted octanol–water partition coefficient (Wildman–Crippen LogP) is 0.528. The summed E-state index contributed by atoms with van der Waals surface area (Å²) < 4.78 is 0. The van der Waals surface area contributed by atoms with Gasteiger partial charge in [-0.15, -0.1) is 0 Å². The Morgan fingerprint density at radius 1 is 1.67 bits per heavy atom. The second kappa shape index (κ2) is 6.11. The molecule has 0 rings (SSSR count). The maximum Gasteiger partial charge on any atom is 0.156 e. The van der Waals surface area contributed by atoms with Gasteiger partial charge in [0.2, 0.25) is 0 Å². The lowest BCUT2D eigenvalue weighted by Crippen LogP contribution is -2.20. The monoisotopic (exact) mass is 147 g/mol. The van der Waals surface area contributed by atoms with Crippen molar-refractivity contribution in [2.24, 2.45) is 0 Å². The molecular formula is C6H13NOS. The van der Waals surface area contributed by atoms with Crippen LogP contribution in [0.25, 0.3) is 0 Å². The number of thioether (sulfide) groups is 1. The van der Waals surface area contributed by atoms with Gasteiger partial charge >= 0.3 is 0 Å². The van der Waals surface area contributed by atoms with Crippen LogP contribution in [0.3, 0.4) is 0 Å². The highest BCUT2D eigenvalue weighted by atomic mass is 32.2. The molecule has 0 bridgehead atoms. The van der Waals surface area contributed by atoms with Gasteiger partial charge in [-0.25, -0.2) is 0 Å². The van der Waals surface area contributed by atoms with Gasteiger partial charge in [-0.3, -0.25) is 4.79 Å². The first-order valence-electron chi connectivity index (χ1n) is 3.05. The standard InChI is InChI=1S/C6H13NOS/c1-3-9-5-6(8)4-7-2/h7H,3-5H2,1-2H3. The molecule has 0 saturated carbocycles. The van der Waals surface area contributed by atoms with Crippen LogP contribution in [0.2, 0.25) is 0 Å². The van der Waals surface area contributed by atoms with Crippen molar-refractivity contribution >= 4 is 17.5 Å². The molecule has 0 amide bonds. The fraction of sp³-hybridized carbons (Fsp3) is 0.833. The van der Waals surface area contributed by atoms with E-state index in [0.717, 1.165) is 5.75 Å². The van der Waals surface area contributed by atoms with Gasteiger partial charge in [0, 0.05) is 0 Å². The summed E-state index contributed by atoms with van der Waals surface area (Å²) in [6.45, 7) is 2.56. The molecule has 0 aliphatic carbocycles. The van der Waals surface area contributed by atoms with Crippen molar-refractivity contribution < 1.29 is 4.79 Å². The van der Waals surface area contributed by atoms with E-state index in [9.17, 15) is 4.79 Å². The number of ketones is 1. The predicted molar refractivity (Wildman–Crippen MR) is 41.9 cm³/mol. The van der Waals surface area contributed by atoms with Crippen molar-refractivity contribution in [1.82, 2.24) is 5.32 Å². The summed E-state index contributed by atoms with van der Waals surface area (Å²) in [5.74, 6) is 1.96. The van der Waals surface area contributed by atoms with Crippen molar-refractivity contribution in [3.8, 4) is 0 Å². The first kappa shape index (κ1) is 8.98. The van der Waals surface area contributed by atoms with Gasteiger partial charge < -0.3 is 5.32 Å². The summed E-state index contributed by atoms with van der Waals surface area (Å²) in [6, 6.07) is 0. The highest BCUT2D eigenvalue weighted by Gasteiger charge is 1.96. The average Bonchev–Trinajstić information content (AvgIpc) is 1.85. The second-order valence-corrected chi connectivity index (χ2v) is 2.98. The topological polar surface area (TPSA) is 29.1 Å². The van der Waals surface area contributed by atoms with E-state index in [1.165, 1.54) is 0 Å². The number of carbonyl (C=O) groups is 1. The van der Waals surface area contributed by atoms with Crippen molar-refractivity contribution in [1.29, 1.82) is 0 Å². The van der Waals surface area contributed by atoms with Crippen LogP contribution in [-0.2, 0) is 4.79 Å². The SMILES string of the molecule is CCSCC(=O)CNC. The van der Waals surface area contributed by atoms with Crippen molar-refractivity contribution in [2.75, 3.05) is 25.1 Å². The fourth-order valence-electron chi connectivity index (χ4n) is 0.464. The Kier molecular flexibility index (Phi) is 6.09. The molecule has 0 fully saturated rings. The number of likely N-dealkylation sites (N-methyl/N-ethyl adjacent to an activating group) is 1. The van der Waals surface area contributed by atoms with Crippen molar-refractivity contribution in [3.63, 3.8) is 0 Å². The van der Waals surface area contributed by atoms with Gasteiger partial charge in [-0.1, -0.05) is 6.92 Å². The maximum absolute atomic E-state index is 10.7. The number of hydrogen-bond donors (Lipinski definition) is 1. The van der Waals surface area contributed by atoms with Crippen LogP contribution in [-0.4, -0.2) is 30.9 Å². The zero-order valence-electron chi connectivity index (χ0n) is 5.94. The largest absolute Gasteiger partial charge is 0.313 e. The lowest BCUT2D eigenvalue weighted by molar-refractivity contribution is -0.115. The number of Topliss-reactive ketones (excluding diaryl/α,β-unsaturated/α-hetero) is 1. The van der Waals surface area contributed by atoms with Gasteiger partial charge in [-0.05, 0) is 12.8 Å². The van der Waals surface area contributed by atoms with Gasteiger partial charge in [0.15, 0.2) is 5.78 Å². The number of hydrogen-bond acceptors (Lipinski definition) is 3. The van der Waals surface area contributed by atoms with E-state index in [0.29, 0.717) is 12.3 Å². The third-order valence-corrected chi connectivity index (χ3v) is 1.78. The normalized spacial score (nSPS) is 9.56. The molecule has 0 saturated heterocycles. The lowest BCUT2D eigenvalue weighted by Gasteiger charge is -1.95. The molecule has 0 spiro atoms. The molecule has 0 radical (unpaired) electrons. The summed E-state index contributed by atoms with van der Waals surface area (Å²) in [5, 5.41) is 2.81. The summed E-state index contributed by atoms with van der Waals surface area (Å²) >= 11 is 1.67. The minimum atomic E-state index is 0.282. The first-order valence-corrected chi connectivity index (χ1v) is 4.20. The lowest BCUT2D eigenvalue weighted by atomic mass is 10.4. The van der Waals surface area contributed by atoms with E-state index in [1.54, 1.807) is 18.8 Å². The summed E-state index contributed by atoms with van der Waals surface area (Å²) in [5.41, 5.74) is 0. The van der Waals surface area contributed by atoms with E-state index in [1.807, 2.05) is 0 Å². The Balaban J connectivity index is 3.06. The van der Waals surface area contributed by atoms with Gasteiger partial charge in [0.05, 0.1) is 12.3 Å². The van der Waals surface area contributed by atoms with E-state index < -0.39 is 0 Å². The quantitative estimate of drug-likeness (QED) is 0.615. The first-order chi connectivity index (χ1) is 4.31. The molecule has 0 aromatic carbocycles. The molecule has 0 heterocycles. The summed E-state index contributed by atoms with van der Waals surface area (Å²) in [4.78, 5) is 10.7. The molecule has 0 atom stereocenters. The van der Waals surface area contributed by atoms with Crippen molar-refractivity contribution in [3.05, 3.63) is 0 Å². The second-order valence-electron chi connectivity index (χ2n) is 1.71. The zero-order chi connectivity index (χ0) is 7.11. The van der Waals surface area contributed by atoms with Crippen LogP contribution < -0.4 is 5.32 Å². The van der Waals surface area contributed by atoms with Crippen LogP contribution in [0, 0.1) is 0 Å². The minimum Gasteiger partial charge on any atom is -0.313 e. The molecule has 1 N–H and O–H groups in total. The third-order valence-electron chi connectivity index (χ3n) is 0.841. The summed E-state index contributed by atoms with van der Waals surface area (Å²) in [6.07, 6.45) is 0. The van der Waals surface area contributed by atoms with Gasteiger partial charge in [-0.2, -0.15) is 11.8 Å². The highest BCUT2D eigenvalue weighted by molar-refractivity contribution is 7.99. The van der Waals surface area contributed by atoms with Gasteiger partial charge in [0.25, 0.3) is 0 Å². The van der Waals surface area contributed by atoms with E-state index in [-0.39, 0.29) is 5.78 Å². The molecule has 0 aromatic rings. The third kappa shape index (κ3) is 5.86. The van der Waals surface area contributed by atoms with E-state index in [2.05, 4.69) is 12.2 Å². The zero-order valence-corrected chi connectivity index (χ0v) is 6.75. The Morgan fingerprint density at radius 2 is 2.33 bits per heavy atom. The molecule has 3 heteroatoms. The van der Waals surface area contributed by atoms with Crippen LogP contribution in [0.1, 0.15) is 6.92 Å². The average molecular weight is 147 g/mol. The maximum atomic E-state index is 10.7. The number of rotatable bonds is 5. The molecular weight excluding hydrogens is 134 g/mol. The summed E-state index contributed by atoms with van der Waals surface area (Å²) in [7, 11) is 1.79. The molecule has 0 aliphatic heterocycles. The fourth-order valence-corrected chi connectivity index (χ4v) is 0.998. The Morgan fingerprint density at radius 3 is 2.78 bits per heavy atom. The molecule has 9 heavy (non-hydrogen) atoms. The Bertz CT molecular complexity index is 85.1. The van der Waals surface area contributed by atoms with Gasteiger partial charge in [0.1, 0.15) is 0 Å². The highest BCUT2D eigenvalue weighted by Crippen LogP contribution is 1.96. The number of carbonyl (C=O) groups excluding carboxylic acids is 1. The number of nitrogens with one attached hydrogen (secondary N) is 1. The van der Waals surface area contributed by atoms with Crippen molar-refractivity contribution in [2.45, 2.75) is 6.92 Å². The van der Waals surface area contributed by atoms with Crippen LogP contribution in [0.15, 0.2) is 0 Å². The smallest absolute Gasteiger partial charge is 0.156 e. The minimum absolute atomic E-state index is 0.282. The van der Waals surface area contributed by atoms with Crippen LogP contribution >= 0.6 is 11.8 Å². The molecule has 0 aliphatic rings.